The van der Waals surface area contributed by atoms with Gasteiger partial charge in [-0.25, -0.2) is 0 Å². The van der Waals surface area contributed by atoms with Crippen LogP contribution in [0.15, 0.2) is 0 Å². The van der Waals surface area contributed by atoms with Crippen molar-refractivity contribution in [2.75, 3.05) is 45.9 Å². The summed E-state index contributed by atoms with van der Waals surface area (Å²) in [6.45, 7) is 5.91. The van der Waals surface area contributed by atoms with Gasteiger partial charge in [0.15, 0.2) is 0 Å². The number of ether oxygens (including phenoxy) is 1. The second-order valence-corrected chi connectivity index (χ2v) is 7.25. The first-order chi connectivity index (χ1) is 10.6. The molecule has 0 aromatic rings. The molecule has 3 heterocycles. The monoisotopic (exact) mass is 309 g/mol. The summed E-state index contributed by atoms with van der Waals surface area (Å²) in [5.74, 6) is 0.354. The van der Waals surface area contributed by atoms with Crippen LogP contribution in [-0.4, -0.2) is 67.6 Å². The molecule has 2 amide bonds. The van der Waals surface area contributed by atoms with Crippen molar-refractivity contribution in [2.45, 2.75) is 32.1 Å². The van der Waals surface area contributed by atoms with Crippen molar-refractivity contribution in [3.05, 3.63) is 0 Å². The molecule has 0 aromatic carbocycles. The van der Waals surface area contributed by atoms with Gasteiger partial charge in [-0.2, -0.15) is 0 Å². The van der Waals surface area contributed by atoms with Gasteiger partial charge in [0.05, 0.1) is 13.2 Å². The first-order valence-corrected chi connectivity index (χ1v) is 8.43. The Morgan fingerprint density at radius 2 is 2.09 bits per heavy atom. The van der Waals surface area contributed by atoms with Gasteiger partial charge < -0.3 is 20.3 Å². The molecule has 0 aromatic heterocycles. The van der Waals surface area contributed by atoms with E-state index in [0.717, 1.165) is 52.1 Å². The Morgan fingerprint density at radius 1 is 1.32 bits per heavy atom. The summed E-state index contributed by atoms with van der Waals surface area (Å²) in [6, 6.07) is 0. The van der Waals surface area contributed by atoms with E-state index in [4.69, 9.17) is 10.5 Å². The Labute approximate surface area is 131 Å². The topological polar surface area (TPSA) is 75.9 Å². The van der Waals surface area contributed by atoms with Crippen molar-refractivity contribution in [3.63, 3.8) is 0 Å². The highest BCUT2D eigenvalue weighted by molar-refractivity contribution is 5.84. The van der Waals surface area contributed by atoms with Crippen LogP contribution in [0.4, 0.5) is 0 Å². The SMILES string of the molecule is NC(=O)CN1CC2(CCC1=O)CCN(CC1CCOC1)CC2. The number of hydrogen-bond acceptors (Lipinski definition) is 4. The molecule has 3 fully saturated rings. The summed E-state index contributed by atoms with van der Waals surface area (Å²) >= 11 is 0. The van der Waals surface area contributed by atoms with E-state index in [9.17, 15) is 9.59 Å². The van der Waals surface area contributed by atoms with Crippen LogP contribution in [0, 0.1) is 11.3 Å². The lowest BCUT2D eigenvalue weighted by Crippen LogP contribution is -2.53. The van der Waals surface area contributed by atoms with Gasteiger partial charge >= 0.3 is 0 Å². The third-order valence-electron chi connectivity index (χ3n) is 5.55. The first kappa shape index (κ1) is 15.7. The van der Waals surface area contributed by atoms with Crippen LogP contribution >= 0.6 is 0 Å². The molecule has 6 heteroatoms. The maximum Gasteiger partial charge on any atom is 0.237 e. The second-order valence-electron chi connectivity index (χ2n) is 7.25. The van der Waals surface area contributed by atoms with Gasteiger partial charge in [0.1, 0.15) is 0 Å². The highest BCUT2D eigenvalue weighted by Gasteiger charge is 2.41. The Balaban J connectivity index is 1.52. The van der Waals surface area contributed by atoms with E-state index in [0.29, 0.717) is 18.9 Å². The number of amides is 2. The molecule has 3 saturated heterocycles. The molecule has 0 aliphatic carbocycles. The molecule has 1 spiro atoms. The molecule has 0 saturated carbocycles. The number of rotatable bonds is 4. The number of piperidine rings is 2. The van der Waals surface area contributed by atoms with E-state index in [1.165, 1.54) is 6.42 Å². The Kier molecular flexibility index (Phi) is 4.68. The third-order valence-corrected chi connectivity index (χ3v) is 5.55. The number of hydrogen-bond donors (Lipinski definition) is 1. The summed E-state index contributed by atoms with van der Waals surface area (Å²) in [5.41, 5.74) is 5.46. The van der Waals surface area contributed by atoms with Crippen molar-refractivity contribution in [1.29, 1.82) is 0 Å². The van der Waals surface area contributed by atoms with Crippen LogP contribution in [0.1, 0.15) is 32.1 Å². The van der Waals surface area contributed by atoms with Gasteiger partial charge in [0.2, 0.25) is 11.8 Å². The molecule has 1 unspecified atom stereocenters. The highest BCUT2D eigenvalue weighted by atomic mass is 16.5. The smallest absolute Gasteiger partial charge is 0.237 e. The number of likely N-dealkylation sites (tertiary alicyclic amines) is 2. The number of carbonyl (C=O) groups excluding carboxylic acids is 2. The van der Waals surface area contributed by atoms with E-state index in [2.05, 4.69) is 4.90 Å². The molecule has 3 aliphatic heterocycles. The molecule has 1 atom stereocenters. The minimum atomic E-state index is -0.413. The molecule has 22 heavy (non-hydrogen) atoms. The average molecular weight is 309 g/mol. The zero-order valence-corrected chi connectivity index (χ0v) is 13.3. The molecule has 124 valence electrons. The summed E-state index contributed by atoms with van der Waals surface area (Å²) < 4.78 is 5.46. The van der Waals surface area contributed by atoms with Gasteiger partial charge in [-0.05, 0) is 50.1 Å². The summed E-state index contributed by atoms with van der Waals surface area (Å²) in [4.78, 5) is 27.3. The quantitative estimate of drug-likeness (QED) is 0.805. The molecule has 2 N–H and O–H groups in total. The van der Waals surface area contributed by atoms with Gasteiger partial charge in [-0.15, -0.1) is 0 Å². The first-order valence-electron chi connectivity index (χ1n) is 8.43. The standard InChI is InChI=1S/C16H27N3O3/c17-14(20)10-19-12-16(3-1-15(19)21)4-6-18(7-5-16)9-13-2-8-22-11-13/h13H,1-12H2,(H2,17,20). The lowest BCUT2D eigenvalue weighted by molar-refractivity contribution is -0.142. The van der Waals surface area contributed by atoms with Gasteiger partial charge in [0.25, 0.3) is 0 Å². The van der Waals surface area contributed by atoms with Crippen molar-refractivity contribution in [1.82, 2.24) is 9.80 Å². The second kappa shape index (κ2) is 6.54. The number of nitrogens with two attached hydrogens (primary N) is 1. The third kappa shape index (κ3) is 3.60. The normalized spacial score (nSPS) is 29.2. The molecule has 0 bridgehead atoms. The lowest BCUT2D eigenvalue weighted by atomic mass is 9.72. The fourth-order valence-electron chi connectivity index (χ4n) is 4.15. The maximum absolute atomic E-state index is 11.9. The van der Waals surface area contributed by atoms with Gasteiger partial charge in [0, 0.05) is 26.1 Å². The summed E-state index contributed by atoms with van der Waals surface area (Å²) in [7, 11) is 0. The fraction of sp³-hybridized carbons (Fsp3) is 0.875. The van der Waals surface area contributed by atoms with Gasteiger partial charge in [-0.1, -0.05) is 0 Å². The predicted octanol–water partition coefficient (Wildman–Crippen LogP) is 0.213. The Hall–Kier alpha value is -1.14. The lowest BCUT2D eigenvalue weighted by Gasteiger charge is -2.47. The van der Waals surface area contributed by atoms with Crippen LogP contribution in [0.5, 0.6) is 0 Å². The summed E-state index contributed by atoms with van der Waals surface area (Å²) in [5, 5.41) is 0. The van der Waals surface area contributed by atoms with E-state index < -0.39 is 5.91 Å². The van der Waals surface area contributed by atoms with Crippen LogP contribution in [-0.2, 0) is 14.3 Å². The molecular formula is C16H27N3O3. The van der Waals surface area contributed by atoms with E-state index in [1.807, 2.05) is 0 Å². The number of carbonyl (C=O) groups is 2. The van der Waals surface area contributed by atoms with Crippen molar-refractivity contribution >= 4 is 11.8 Å². The average Bonchev–Trinajstić information content (AvgIpc) is 2.98. The minimum Gasteiger partial charge on any atom is -0.381 e. The molecular weight excluding hydrogens is 282 g/mol. The van der Waals surface area contributed by atoms with Crippen molar-refractivity contribution in [3.8, 4) is 0 Å². The molecule has 3 aliphatic rings. The molecule has 3 rings (SSSR count). The largest absolute Gasteiger partial charge is 0.381 e. The Bertz CT molecular complexity index is 426. The molecule has 0 radical (unpaired) electrons. The van der Waals surface area contributed by atoms with Crippen LogP contribution in [0.2, 0.25) is 0 Å². The minimum absolute atomic E-state index is 0.0731. The number of primary amides is 1. The van der Waals surface area contributed by atoms with Crippen LogP contribution in [0.3, 0.4) is 0 Å². The van der Waals surface area contributed by atoms with E-state index in [1.54, 1.807) is 4.90 Å². The molecule has 6 nitrogen and oxygen atoms in total. The predicted molar refractivity (Wildman–Crippen MR) is 82.0 cm³/mol. The summed E-state index contributed by atoms with van der Waals surface area (Å²) in [6.07, 6.45) is 4.93. The number of nitrogens with zero attached hydrogens (tertiary/aromatic N) is 2. The zero-order chi connectivity index (χ0) is 15.6. The maximum atomic E-state index is 11.9. The zero-order valence-electron chi connectivity index (χ0n) is 13.3. The highest BCUT2D eigenvalue weighted by Crippen LogP contribution is 2.40. The van der Waals surface area contributed by atoms with Crippen molar-refractivity contribution in [2.24, 2.45) is 17.1 Å². The van der Waals surface area contributed by atoms with Gasteiger partial charge in [-0.3, -0.25) is 9.59 Å². The fourth-order valence-corrected chi connectivity index (χ4v) is 4.15. The van der Waals surface area contributed by atoms with E-state index in [-0.39, 0.29) is 17.9 Å². The van der Waals surface area contributed by atoms with Crippen molar-refractivity contribution < 1.29 is 14.3 Å². The van der Waals surface area contributed by atoms with E-state index >= 15 is 0 Å². The van der Waals surface area contributed by atoms with Crippen LogP contribution < -0.4 is 5.73 Å². The Morgan fingerprint density at radius 3 is 2.73 bits per heavy atom. The van der Waals surface area contributed by atoms with Crippen LogP contribution in [0.25, 0.3) is 0 Å².